The first-order chi connectivity index (χ1) is 11.0. The maximum atomic E-state index is 11.9. The molecule has 0 bridgehead atoms. The van der Waals surface area contributed by atoms with Gasteiger partial charge in [0.25, 0.3) is 0 Å². The smallest absolute Gasteiger partial charge is 0.178 e. The molecule has 0 atom stereocenters. The molecule has 3 rings (SSSR count). The van der Waals surface area contributed by atoms with Crippen LogP contribution >= 0.6 is 0 Å². The summed E-state index contributed by atoms with van der Waals surface area (Å²) in [5.41, 5.74) is 4.23. The van der Waals surface area contributed by atoms with E-state index in [2.05, 4.69) is 0 Å². The van der Waals surface area contributed by atoms with Gasteiger partial charge in [-0.3, -0.25) is 4.79 Å². The van der Waals surface area contributed by atoms with Crippen LogP contribution in [0.2, 0.25) is 0 Å². The van der Waals surface area contributed by atoms with Crippen molar-refractivity contribution in [3.05, 3.63) is 59.9 Å². The van der Waals surface area contributed by atoms with Crippen molar-refractivity contribution in [1.82, 2.24) is 4.40 Å². The summed E-state index contributed by atoms with van der Waals surface area (Å²) in [5, 5.41) is 0. The molecule has 0 unspecified atom stereocenters. The molecule has 23 heavy (non-hydrogen) atoms. The van der Waals surface area contributed by atoms with Crippen molar-refractivity contribution in [2.75, 3.05) is 5.75 Å². The number of fused-ring (bicyclic) bond motifs is 1. The van der Waals surface area contributed by atoms with Gasteiger partial charge in [0.05, 0.1) is 16.3 Å². The number of benzene rings is 1. The lowest BCUT2D eigenvalue weighted by atomic mass is 10.1. The third kappa shape index (κ3) is 2.57. The summed E-state index contributed by atoms with van der Waals surface area (Å²) in [6, 6.07) is 12.5. The molecule has 5 heteroatoms. The van der Waals surface area contributed by atoms with Gasteiger partial charge in [-0.15, -0.1) is 0 Å². The number of carbonyl (C=O) groups is 1. The van der Waals surface area contributed by atoms with Crippen molar-refractivity contribution >= 4 is 21.6 Å². The molecule has 2 aromatic heterocycles. The summed E-state index contributed by atoms with van der Waals surface area (Å²) in [6.07, 6.45) is 2.68. The SMILES string of the molecule is CCS(=O)(=O)c1ccc(-c2cc3c(C)cccn3c2C=O)cc1. The maximum absolute atomic E-state index is 11.9. The Morgan fingerprint density at radius 3 is 2.43 bits per heavy atom. The quantitative estimate of drug-likeness (QED) is 0.689. The van der Waals surface area contributed by atoms with Crippen molar-refractivity contribution in [3.8, 4) is 11.1 Å². The number of sulfone groups is 1. The van der Waals surface area contributed by atoms with E-state index in [-0.39, 0.29) is 5.75 Å². The average Bonchev–Trinajstić information content (AvgIpc) is 2.95. The summed E-state index contributed by atoms with van der Waals surface area (Å²) in [6.45, 7) is 3.61. The molecule has 0 aliphatic heterocycles. The van der Waals surface area contributed by atoms with E-state index < -0.39 is 9.84 Å². The summed E-state index contributed by atoms with van der Waals surface area (Å²) < 4.78 is 25.6. The van der Waals surface area contributed by atoms with Crippen molar-refractivity contribution in [3.63, 3.8) is 0 Å². The van der Waals surface area contributed by atoms with Crippen molar-refractivity contribution < 1.29 is 13.2 Å². The minimum Gasteiger partial charge on any atom is -0.313 e. The molecule has 1 aromatic carbocycles. The molecule has 0 aliphatic carbocycles. The fraction of sp³-hybridized carbons (Fsp3) is 0.167. The Hall–Kier alpha value is -2.40. The van der Waals surface area contributed by atoms with E-state index in [0.717, 1.165) is 28.5 Å². The van der Waals surface area contributed by atoms with E-state index in [0.29, 0.717) is 10.6 Å². The zero-order chi connectivity index (χ0) is 16.6. The predicted octanol–water partition coefficient (Wildman–Crippen LogP) is 3.52. The molecule has 3 aromatic rings. The third-order valence-electron chi connectivity index (χ3n) is 4.08. The van der Waals surface area contributed by atoms with Crippen LogP contribution in [-0.4, -0.2) is 24.9 Å². The Kier molecular flexibility index (Phi) is 3.82. The number of carbonyl (C=O) groups excluding carboxylic acids is 1. The van der Waals surface area contributed by atoms with E-state index in [1.165, 1.54) is 0 Å². The van der Waals surface area contributed by atoms with Gasteiger partial charge in [-0.05, 0) is 42.3 Å². The highest BCUT2D eigenvalue weighted by Crippen LogP contribution is 2.29. The maximum Gasteiger partial charge on any atom is 0.178 e. The Balaban J connectivity index is 2.17. The number of aldehydes is 1. The third-order valence-corrected chi connectivity index (χ3v) is 5.83. The molecule has 118 valence electrons. The summed E-state index contributed by atoms with van der Waals surface area (Å²) in [7, 11) is -3.22. The van der Waals surface area contributed by atoms with Crippen LogP contribution in [-0.2, 0) is 9.84 Å². The Labute approximate surface area is 135 Å². The summed E-state index contributed by atoms with van der Waals surface area (Å²) >= 11 is 0. The molecule has 2 heterocycles. The molecule has 0 spiro atoms. The largest absolute Gasteiger partial charge is 0.313 e. The van der Waals surface area contributed by atoms with E-state index in [1.54, 1.807) is 31.2 Å². The second-order valence-corrected chi connectivity index (χ2v) is 7.71. The first-order valence-electron chi connectivity index (χ1n) is 7.37. The van der Waals surface area contributed by atoms with Crippen molar-refractivity contribution in [2.24, 2.45) is 0 Å². The molecule has 0 N–H and O–H groups in total. The van der Waals surface area contributed by atoms with Gasteiger partial charge in [-0.1, -0.05) is 25.1 Å². The van der Waals surface area contributed by atoms with E-state index in [4.69, 9.17) is 0 Å². The first kappa shape index (κ1) is 15.5. The highest BCUT2D eigenvalue weighted by atomic mass is 32.2. The van der Waals surface area contributed by atoms with Gasteiger partial charge in [0, 0.05) is 17.3 Å². The molecule has 0 saturated carbocycles. The van der Waals surface area contributed by atoms with Crippen LogP contribution in [0.3, 0.4) is 0 Å². The minimum absolute atomic E-state index is 0.0707. The number of nitrogens with zero attached hydrogens (tertiary/aromatic N) is 1. The number of hydrogen-bond acceptors (Lipinski definition) is 3. The number of aromatic nitrogens is 1. The molecule has 0 aliphatic rings. The van der Waals surface area contributed by atoms with Gasteiger partial charge in [-0.25, -0.2) is 8.42 Å². The highest BCUT2D eigenvalue weighted by molar-refractivity contribution is 7.91. The molecule has 0 amide bonds. The average molecular weight is 327 g/mol. The normalized spacial score (nSPS) is 11.7. The molecule has 0 radical (unpaired) electrons. The summed E-state index contributed by atoms with van der Waals surface area (Å²) in [5.74, 6) is 0.0707. The van der Waals surface area contributed by atoms with Gasteiger partial charge in [-0.2, -0.15) is 0 Å². The standard InChI is InChI=1S/C18H17NO3S/c1-3-23(21,22)15-8-6-14(7-9-15)16-11-17-13(2)5-4-10-19(17)18(16)12-20/h4-12H,3H2,1-2H3. The van der Waals surface area contributed by atoms with Crippen LogP contribution in [0.15, 0.2) is 53.6 Å². The number of pyridine rings is 1. The van der Waals surface area contributed by atoms with Crippen LogP contribution < -0.4 is 0 Å². The van der Waals surface area contributed by atoms with Crippen LogP contribution in [0.4, 0.5) is 0 Å². The first-order valence-corrected chi connectivity index (χ1v) is 9.02. The van der Waals surface area contributed by atoms with Gasteiger partial charge >= 0.3 is 0 Å². The Morgan fingerprint density at radius 1 is 1.13 bits per heavy atom. The highest BCUT2D eigenvalue weighted by Gasteiger charge is 2.15. The lowest BCUT2D eigenvalue weighted by Gasteiger charge is -2.04. The molecular weight excluding hydrogens is 310 g/mol. The zero-order valence-electron chi connectivity index (χ0n) is 13.0. The molecular formula is C18H17NO3S. The molecule has 4 nitrogen and oxygen atoms in total. The van der Waals surface area contributed by atoms with Gasteiger partial charge in [0.2, 0.25) is 0 Å². The Morgan fingerprint density at radius 2 is 1.83 bits per heavy atom. The fourth-order valence-electron chi connectivity index (χ4n) is 2.72. The zero-order valence-corrected chi connectivity index (χ0v) is 13.8. The number of rotatable bonds is 4. The second-order valence-electron chi connectivity index (χ2n) is 5.44. The van der Waals surface area contributed by atoms with E-state index in [1.807, 2.05) is 35.7 Å². The number of aryl methyl sites for hydroxylation is 1. The lowest BCUT2D eigenvalue weighted by Crippen LogP contribution is -2.03. The van der Waals surface area contributed by atoms with Crippen LogP contribution in [0.1, 0.15) is 23.0 Å². The van der Waals surface area contributed by atoms with Crippen LogP contribution in [0, 0.1) is 6.92 Å². The molecule has 0 saturated heterocycles. The topological polar surface area (TPSA) is 55.6 Å². The van der Waals surface area contributed by atoms with E-state index >= 15 is 0 Å². The number of hydrogen-bond donors (Lipinski definition) is 0. The van der Waals surface area contributed by atoms with E-state index in [9.17, 15) is 13.2 Å². The minimum atomic E-state index is -3.22. The van der Waals surface area contributed by atoms with Gasteiger partial charge in [0.15, 0.2) is 16.1 Å². The lowest BCUT2D eigenvalue weighted by molar-refractivity contribution is 0.111. The van der Waals surface area contributed by atoms with Crippen molar-refractivity contribution in [2.45, 2.75) is 18.7 Å². The van der Waals surface area contributed by atoms with Gasteiger partial charge < -0.3 is 4.40 Å². The summed E-state index contributed by atoms with van der Waals surface area (Å²) in [4.78, 5) is 11.8. The fourth-order valence-corrected chi connectivity index (χ4v) is 3.61. The molecule has 0 fully saturated rings. The van der Waals surface area contributed by atoms with Crippen molar-refractivity contribution in [1.29, 1.82) is 0 Å². The monoisotopic (exact) mass is 327 g/mol. The second kappa shape index (κ2) is 5.66. The Bertz CT molecular complexity index is 983. The van der Waals surface area contributed by atoms with Gasteiger partial charge in [0.1, 0.15) is 0 Å². The van der Waals surface area contributed by atoms with Crippen LogP contribution in [0.25, 0.3) is 16.6 Å². The van der Waals surface area contributed by atoms with Crippen LogP contribution in [0.5, 0.6) is 0 Å². The predicted molar refractivity (Wildman–Crippen MR) is 90.7 cm³/mol.